The molecule has 4 fully saturated rings. The molecule has 3 aliphatic heterocycles. The number of hydrogen-bond acceptors (Lipinski definition) is 7. The molecular formula is C38H47F2N7O2. The topological polar surface area (TPSA) is 89.7 Å². The Balaban J connectivity index is 1.05. The number of aromatic nitrogens is 2. The summed E-state index contributed by atoms with van der Waals surface area (Å²) in [4.78, 5) is 19.3. The molecule has 1 amide bonds. The van der Waals surface area contributed by atoms with Gasteiger partial charge in [0.2, 0.25) is 0 Å². The highest BCUT2D eigenvalue weighted by Gasteiger charge is 2.54. The number of amides is 1. The van der Waals surface area contributed by atoms with Crippen molar-refractivity contribution in [1.29, 1.82) is 5.26 Å². The molecule has 3 saturated heterocycles. The first-order valence-electron chi connectivity index (χ1n) is 17.8. The summed E-state index contributed by atoms with van der Waals surface area (Å²) in [6.45, 7) is 5.94. The largest absolute Gasteiger partial charge is 0.453 e. The highest BCUT2D eigenvalue weighted by atomic mass is 19.1. The third-order valence-electron chi connectivity index (χ3n) is 11.7. The summed E-state index contributed by atoms with van der Waals surface area (Å²) >= 11 is 0. The Kier molecular flexibility index (Phi) is 9.62. The molecule has 260 valence electrons. The van der Waals surface area contributed by atoms with Crippen molar-refractivity contribution in [3.63, 3.8) is 0 Å². The number of alkyl carbamates (subject to hydrolysis) is 1. The van der Waals surface area contributed by atoms with E-state index in [9.17, 15) is 14.4 Å². The molecule has 1 N–H and O–H groups in total. The molecule has 7 rings (SSSR count). The SMILES string of the molecule is COC(=O)N[C@H]1CCC[C@@H]1[C@](CN1CCC1)(c1cccc(F)c1)C1CCN(CC2(F)CN(c3ccc(C#N)c(Cn4cccn4)c3)C2)CC1. The first kappa shape index (κ1) is 33.5. The number of halogens is 2. The number of methoxy groups -OCH3 is 1. The second-order valence-corrected chi connectivity index (χ2v) is 14.7. The fourth-order valence-electron chi connectivity index (χ4n) is 9.25. The highest BCUT2D eigenvalue weighted by molar-refractivity contribution is 5.67. The van der Waals surface area contributed by atoms with Crippen LogP contribution in [0.15, 0.2) is 60.9 Å². The molecule has 4 aliphatic rings. The van der Waals surface area contributed by atoms with Crippen LogP contribution in [0.25, 0.3) is 0 Å². The number of carbonyl (C=O) groups excluding carboxylic acids is 1. The quantitative estimate of drug-likeness (QED) is 0.294. The maximum atomic E-state index is 16.2. The zero-order valence-electron chi connectivity index (χ0n) is 28.4. The molecule has 0 radical (unpaired) electrons. The van der Waals surface area contributed by atoms with E-state index < -0.39 is 11.8 Å². The van der Waals surface area contributed by atoms with Crippen LogP contribution in [0.5, 0.6) is 0 Å². The van der Waals surface area contributed by atoms with Crippen molar-refractivity contribution in [3.8, 4) is 6.07 Å². The Morgan fingerprint density at radius 2 is 1.88 bits per heavy atom. The summed E-state index contributed by atoms with van der Waals surface area (Å²) in [6.07, 6.45) is 8.94. The van der Waals surface area contributed by atoms with Gasteiger partial charge in [-0.3, -0.25) is 9.58 Å². The van der Waals surface area contributed by atoms with Crippen LogP contribution >= 0.6 is 0 Å². The molecule has 0 bridgehead atoms. The van der Waals surface area contributed by atoms with Gasteiger partial charge < -0.3 is 19.9 Å². The number of ether oxygens (including phenoxy) is 1. The molecule has 0 spiro atoms. The fourth-order valence-corrected chi connectivity index (χ4v) is 9.25. The third-order valence-corrected chi connectivity index (χ3v) is 11.7. The van der Waals surface area contributed by atoms with Gasteiger partial charge in [0.1, 0.15) is 5.82 Å². The third kappa shape index (κ3) is 6.90. The molecule has 3 atom stereocenters. The van der Waals surface area contributed by atoms with Crippen LogP contribution in [0.1, 0.15) is 55.2 Å². The van der Waals surface area contributed by atoms with Crippen LogP contribution in [-0.4, -0.2) is 96.9 Å². The van der Waals surface area contributed by atoms with Crippen molar-refractivity contribution >= 4 is 11.8 Å². The number of carbonyl (C=O) groups is 1. The first-order chi connectivity index (χ1) is 23.8. The van der Waals surface area contributed by atoms with E-state index in [0.717, 1.165) is 88.1 Å². The van der Waals surface area contributed by atoms with E-state index in [-0.39, 0.29) is 29.1 Å². The number of nitrogens with one attached hydrogen (secondary N) is 1. The molecule has 3 aromatic rings. The van der Waals surface area contributed by atoms with Crippen molar-refractivity contribution in [2.45, 2.75) is 62.2 Å². The lowest BCUT2D eigenvalue weighted by molar-refractivity contribution is 0.00584. The number of nitrogens with zero attached hydrogens (tertiary/aromatic N) is 6. The van der Waals surface area contributed by atoms with E-state index in [1.807, 2.05) is 36.5 Å². The van der Waals surface area contributed by atoms with E-state index in [0.29, 0.717) is 31.7 Å². The average Bonchev–Trinajstić information content (AvgIpc) is 3.76. The second-order valence-electron chi connectivity index (χ2n) is 14.7. The fraction of sp³-hybridized carbons (Fsp3) is 0.553. The van der Waals surface area contributed by atoms with Gasteiger partial charge in [0.25, 0.3) is 0 Å². The predicted molar refractivity (Wildman–Crippen MR) is 184 cm³/mol. The van der Waals surface area contributed by atoms with Gasteiger partial charge in [-0.1, -0.05) is 18.6 Å². The van der Waals surface area contributed by atoms with Gasteiger partial charge in [0.05, 0.1) is 38.4 Å². The first-order valence-corrected chi connectivity index (χ1v) is 17.8. The Hall–Kier alpha value is -4.01. The highest BCUT2D eigenvalue weighted by Crippen LogP contribution is 2.51. The van der Waals surface area contributed by atoms with Crippen LogP contribution in [0.2, 0.25) is 0 Å². The molecule has 0 unspecified atom stereocenters. The summed E-state index contributed by atoms with van der Waals surface area (Å²) in [6, 6.07) is 16.9. The van der Waals surface area contributed by atoms with Gasteiger partial charge in [-0.25, -0.2) is 13.6 Å². The van der Waals surface area contributed by atoms with Gasteiger partial charge in [-0.05, 0) is 118 Å². The van der Waals surface area contributed by atoms with Crippen LogP contribution in [0.3, 0.4) is 0 Å². The number of piperidine rings is 1. The van der Waals surface area contributed by atoms with Crippen LogP contribution in [0.4, 0.5) is 19.3 Å². The predicted octanol–water partition coefficient (Wildman–Crippen LogP) is 5.35. The van der Waals surface area contributed by atoms with Gasteiger partial charge in [-0.15, -0.1) is 0 Å². The smallest absolute Gasteiger partial charge is 0.407 e. The van der Waals surface area contributed by atoms with Gasteiger partial charge >= 0.3 is 6.09 Å². The lowest BCUT2D eigenvalue weighted by atomic mass is 9.57. The van der Waals surface area contributed by atoms with Crippen LogP contribution < -0.4 is 10.2 Å². The Morgan fingerprint density at radius 3 is 2.55 bits per heavy atom. The van der Waals surface area contributed by atoms with Crippen molar-refractivity contribution in [2.75, 3.05) is 64.4 Å². The number of nitriles is 1. The monoisotopic (exact) mass is 671 g/mol. The molecule has 9 nitrogen and oxygen atoms in total. The standard InChI is InChI=1S/C38H47F2N7O2/c1-49-36(48)43-35-9-3-8-34(35)38(27-44-15-5-16-44,31-6-2-7-32(39)21-31)30-12-18-45(19-13-30)24-37(40)25-46(26-37)33-11-10-28(22-41)29(20-33)23-47-17-4-14-42-47/h2,4,6-7,10-11,14,17,20-21,30,34-35H,3,5,8-9,12-13,15-16,18-19,23-27H2,1H3,(H,43,48)/t34-,35-,38-/m0/s1. The van der Waals surface area contributed by atoms with Crippen molar-refractivity contribution in [2.24, 2.45) is 11.8 Å². The molecule has 49 heavy (non-hydrogen) atoms. The Labute approximate surface area is 287 Å². The van der Waals surface area contributed by atoms with Gasteiger partial charge in [-0.2, -0.15) is 10.4 Å². The van der Waals surface area contributed by atoms with Gasteiger partial charge in [0.15, 0.2) is 5.67 Å². The maximum absolute atomic E-state index is 16.2. The zero-order chi connectivity index (χ0) is 34.0. The maximum Gasteiger partial charge on any atom is 0.407 e. The number of anilines is 1. The summed E-state index contributed by atoms with van der Waals surface area (Å²) in [5, 5.41) is 17.1. The van der Waals surface area contributed by atoms with Crippen molar-refractivity contribution < 1.29 is 18.3 Å². The van der Waals surface area contributed by atoms with E-state index in [4.69, 9.17) is 4.74 Å². The number of hydrogen-bond donors (Lipinski definition) is 1. The normalized spacial score (nSPS) is 24.0. The van der Waals surface area contributed by atoms with Crippen molar-refractivity contribution in [3.05, 3.63) is 83.4 Å². The number of benzene rings is 2. The van der Waals surface area contributed by atoms with Gasteiger partial charge in [0, 0.05) is 42.6 Å². The minimum absolute atomic E-state index is 0.0487. The Morgan fingerprint density at radius 1 is 1.06 bits per heavy atom. The van der Waals surface area contributed by atoms with E-state index in [2.05, 4.69) is 37.3 Å². The number of alkyl halides is 1. The zero-order valence-corrected chi connectivity index (χ0v) is 28.4. The molecular weight excluding hydrogens is 624 g/mol. The molecule has 4 heterocycles. The lowest BCUT2D eigenvalue weighted by Gasteiger charge is -2.54. The average molecular weight is 672 g/mol. The number of rotatable bonds is 11. The van der Waals surface area contributed by atoms with Crippen molar-refractivity contribution in [1.82, 2.24) is 24.9 Å². The summed E-state index contributed by atoms with van der Waals surface area (Å²) < 4.78 is 38.0. The van der Waals surface area contributed by atoms with Crippen LogP contribution in [0, 0.1) is 29.0 Å². The van der Waals surface area contributed by atoms with E-state index in [1.54, 1.807) is 16.9 Å². The van der Waals surface area contributed by atoms with Crippen LogP contribution in [-0.2, 0) is 16.7 Å². The van der Waals surface area contributed by atoms with E-state index >= 15 is 4.39 Å². The van der Waals surface area contributed by atoms with E-state index in [1.165, 1.54) is 13.2 Å². The molecule has 11 heteroatoms. The molecule has 1 saturated carbocycles. The molecule has 1 aliphatic carbocycles. The second kappa shape index (κ2) is 14.1. The summed E-state index contributed by atoms with van der Waals surface area (Å²) in [5.74, 6) is 0.170. The molecule has 1 aromatic heterocycles. The summed E-state index contributed by atoms with van der Waals surface area (Å²) in [7, 11) is 1.40. The minimum Gasteiger partial charge on any atom is -0.453 e. The minimum atomic E-state index is -1.32. The summed E-state index contributed by atoms with van der Waals surface area (Å²) in [5.41, 5.74) is 1.75. The Bertz CT molecular complexity index is 1640. The lowest BCUT2D eigenvalue weighted by Crippen LogP contribution is -2.65. The molecule has 2 aromatic carbocycles. The number of likely N-dealkylation sites (tertiary alicyclic amines) is 2.